The first kappa shape index (κ1) is 19.7. The largest absolute Gasteiger partial charge is 0.497 e. The molecule has 0 bridgehead atoms. The molecule has 7 heteroatoms. The summed E-state index contributed by atoms with van der Waals surface area (Å²) >= 11 is 0. The zero-order chi connectivity index (χ0) is 18.4. The van der Waals surface area contributed by atoms with E-state index in [1.165, 1.54) is 11.4 Å². The van der Waals surface area contributed by atoms with E-state index in [4.69, 9.17) is 4.74 Å². The summed E-state index contributed by atoms with van der Waals surface area (Å²) in [5, 5.41) is 3.04. The van der Waals surface area contributed by atoms with Gasteiger partial charge in [-0.2, -0.15) is 4.31 Å². The standard InChI is InChI=1S/C18H28N2O4S/c1-4-15(5-2)19-18(21)14-7-6-12-20(13-14)25(22,23)17-10-8-16(24-3)9-11-17/h8-11,14-15H,4-7,12-13H2,1-3H3,(H,19,21). The van der Waals surface area contributed by atoms with Crippen LogP contribution in [-0.2, 0) is 14.8 Å². The third-order valence-electron chi connectivity index (χ3n) is 4.78. The van der Waals surface area contributed by atoms with Gasteiger partial charge in [0.2, 0.25) is 15.9 Å². The summed E-state index contributed by atoms with van der Waals surface area (Å²) in [5.74, 6) is 0.283. The molecule has 6 nitrogen and oxygen atoms in total. The molecule has 1 aliphatic rings. The third kappa shape index (κ3) is 4.73. The van der Waals surface area contributed by atoms with Crippen molar-refractivity contribution in [3.63, 3.8) is 0 Å². The molecule has 1 heterocycles. The van der Waals surface area contributed by atoms with Crippen LogP contribution < -0.4 is 10.1 Å². The van der Waals surface area contributed by atoms with E-state index in [9.17, 15) is 13.2 Å². The fourth-order valence-corrected chi connectivity index (χ4v) is 4.61. The van der Waals surface area contributed by atoms with Crippen molar-refractivity contribution in [1.82, 2.24) is 9.62 Å². The first-order valence-electron chi connectivity index (χ1n) is 8.86. The van der Waals surface area contributed by atoms with E-state index in [1.807, 2.05) is 13.8 Å². The van der Waals surface area contributed by atoms with Crippen molar-refractivity contribution < 1.29 is 17.9 Å². The molecule has 1 N–H and O–H groups in total. The number of nitrogens with one attached hydrogen (secondary N) is 1. The Kier molecular flexibility index (Phi) is 6.84. The smallest absolute Gasteiger partial charge is 0.243 e. The molecule has 1 fully saturated rings. The number of hydrogen-bond donors (Lipinski definition) is 1. The molecule has 0 spiro atoms. The Morgan fingerprint density at radius 2 is 1.92 bits per heavy atom. The number of hydrogen-bond acceptors (Lipinski definition) is 4. The second kappa shape index (κ2) is 8.67. The van der Waals surface area contributed by atoms with Gasteiger partial charge in [0.15, 0.2) is 0 Å². The quantitative estimate of drug-likeness (QED) is 0.802. The number of nitrogens with zero attached hydrogens (tertiary/aromatic N) is 1. The SMILES string of the molecule is CCC(CC)NC(=O)C1CCCN(S(=O)(=O)c2ccc(OC)cc2)C1. The Bertz CT molecular complexity index is 669. The minimum atomic E-state index is -3.60. The van der Waals surface area contributed by atoms with E-state index in [0.717, 1.165) is 19.3 Å². The molecule has 1 aliphatic heterocycles. The second-order valence-corrected chi connectivity index (χ2v) is 8.34. The molecule has 0 aliphatic carbocycles. The van der Waals surface area contributed by atoms with Crippen molar-refractivity contribution in [1.29, 1.82) is 0 Å². The highest BCUT2D eigenvalue weighted by Gasteiger charge is 2.33. The number of benzene rings is 1. The number of rotatable bonds is 7. The van der Waals surface area contributed by atoms with Crippen LogP contribution in [0.5, 0.6) is 5.75 Å². The average Bonchev–Trinajstić information content (AvgIpc) is 2.66. The molecule has 0 saturated carbocycles. The number of carbonyl (C=O) groups excluding carboxylic acids is 1. The summed E-state index contributed by atoms with van der Waals surface area (Å²) in [6.45, 7) is 4.76. The van der Waals surface area contributed by atoms with Crippen LogP contribution in [0.25, 0.3) is 0 Å². The third-order valence-corrected chi connectivity index (χ3v) is 6.66. The molecule has 25 heavy (non-hydrogen) atoms. The van der Waals surface area contributed by atoms with Gasteiger partial charge in [0.1, 0.15) is 5.75 Å². The minimum absolute atomic E-state index is 0.0386. The number of methoxy groups -OCH3 is 1. The van der Waals surface area contributed by atoms with Gasteiger partial charge in [-0.25, -0.2) is 8.42 Å². The Balaban J connectivity index is 2.09. The van der Waals surface area contributed by atoms with Crippen LogP contribution in [0.4, 0.5) is 0 Å². The molecule has 1 saturated heterocycles. The lowest BCUT2D eigenvalue weighted by Crippen LogP contribution is -2.47. The fraction of sp³-hybridized carbons (Fsp3) is 0.611. The zero-order valence-electron chi connectivity index (χ0n) is 15.2. The first-order valence-corrected chi connectivity index (χ1v) is 10.3. The minimum Gasteiger partial charge on any atom is -0.497 e. The van der Waals surface area contributed by atoms with Crippen molar-refractivity contribution in [3.8, 4) is 5.75 Å². The van der Waals surface area contributed by atoms with Crippen molar-refractivity contribution in [3.05, 3.63) is 24.3 Å². The number of sulfonamides is 1. The van der Waals surface area contributed by atoms with Crippen molar-refractivity contribution in [2.24, 2.45) is 5.92 Å². The van der Waals surface area contributed by atoms with Crippen LogP contribution >= 0.6 is 0 Å². The zero-order valence-corrected chi connectivity index (χ0v) is 16.0. The molecule has 1 aromatic rings. The normalized spacial score (nSPS) is 19.0. The van der Waals surface area contributed by atoms with Crippen LogP contribution in [-0.4, -0.2) is 44.9 Å². The molecular weight excluding hydrogens is 340 g/mol. The molecule has 1 aromatic carbocycles. The Hall–Kier alpha value is -1.60. The van der Waals surface area contributed by atoms with E-state index >= 15 is 0 Å². The van der Waals surface area contributed by atoms with Crippen LogP contribution in [0, 0.1) is 5.92 Å². The number of ether oxygens (including phenoxy) is 1. The van der Waals surface area contributed by atoms with Gasteiger partial charge in [0, 0.05) is 19.1 Å². The van der Waals surface area contributed by atoms with Gasteiger partial charge in [0.05, 0.1) is 17.9 Å². The molecule has 2 rings (SSSR count). The molecule has 1 amide bonds. The fourth-order valence-electron chi connectivity index (χ4n) is 3.08. The van der Waals surface area contributed by atoms with Gasteiger partial charge >= 0.3 is 0 Å². The summed E-state index contributed by atoms with van der Waals surface area (Å²) in [4.78, 5) is 12.7. The van der Waals surface area contributed by atoms with Gasteiger partial charge in [-0.1, -0.05) is 13.8 Å². The number of piperidine rings is 1. The van der Waals surface area contributed by atoms with E-state index in [1.54, 1.807) is 24.3 Å². The lowest BCUT2D eigenvalue weighted by molar-refractivity contribution is -0.126. The van der Waals surface area contributed by atoms with Gasteiger partial charge < -0.3 is 10.1 Å². The van der Waals surface area contributed by atoms with E-state index in [0.29, 0.717) is 18.7 Å². The molecule has 1 atom stereocenters. The second-order valence-electron chi connectivity index (χ2n) is 6.40. The van der Waals surface area contributed by atoms with Crippen LogP contribution in [0.15, 0.2) is 29.2 Å². The highest BCUT2D eigenvalue weighted by molar-refractivity contribution is 7.89. The monoisotopic (exact) mass is 368 g/mol. The van der Waals surface area contributed by atoms with Gasteiger partial charge in [-0.15, -0.1) is 0 Å². The molecule has 1 unspecified atom stereocenters. The Morgan fingerprint density at radius 1 is 1.28 bits per heavy atom. The Morgan fingerprint density at radius 3 is 2.48 bits per heavy atom. The van der Waals surface area contributed by atoms with Crippen molar-refractivity contribution in [2.75, 3.05) is 20.2 Å². The summed E-state index contributed by atoms with van der Waals surface area (Å²) in [6.07, 6.45) is 3.17. The maximum absolute atomic E-state index is 12.8. The van der Waals surface area contributed by atoms with E-state index in [2.05, 4.69) is 5.32 Å². The van der Waals surface area contributed by atoms with E-state index in [-0.39, 0.29) is 29.3 Å². The predicted molar refractivity (Wildman–Crippen MR) is 97.0 cm³/mol. The maximum Gasteiger partial charge on any atom is 0.243 e. The van der Waals surface area contributed by atoms with Crippen LogP contribution in [0.2, 0.25) is 0 Å². The molecule has 140 valence electrons. The Labute approximate surface area is 150 Å². The van der Waals surface area contributed by atoms with Crippen LogP contribution in [0.3, 0.4) is 0 Å². The summed E-state index contributed by atoms with van der Waals surface area (Å²) in [7, 11) is -2.06. The molecule has 0 aromatic heterocycles. The molecular formula is C18H28N2O4S. The number of carbonyl (C=O) groups is 1. The van der Waals surface area contributed by atoms with Crippen molar-refractivity contribution in [2.45, 2.75) is 50.5 Å². The summed E-state index contributed by atoms with van der Waals surface area (Å²) in [5.41, 5.74) is 0. The highest BCUT2D eigenvalue weighted by atomic mass is 32.2. The average molecular weight is 368 g/mol. The van der Waals surface area contributed by atoms with E-state index < -0.39 is 10.0 Å². The topological polar surface area (TPSA) is 75.7 Å². The highest BCUT2D eigenvalue weighted by Crippen LogP contribution is 2.25. The first-order chi connectivity index (χ1) is 11.9. The predicted octanol–water partition coefficient (Wildman–Crippen LogP) is 2.40. The van der Waals surface area contributed by atoms with Gasteiger partial charge in [0.25, 0.3) is 0 Å². The van der Waals surface area contributed by atoms with Crippen LogP contribution in [0.1, 0.15) is 39.5 Å². The van der Waals surface area contributed by atoms with Gasteiger partial charge in [-0.3, -0.25) is 4.79 Å². The number of amides is 1. The summed E-state index contributed by atoms with van der Waals surface area (Å²) < 4.78 is 32.2. The molecule has 0 radical (unpaired) electrons. The van der Waals surface area contributed by atoms with Gasteiger partial charge in [-0.05, 0) is 49.9 Å². The lowest BCUT2D eigenvalue weighted by atomic mass is 9.98. The maximum atomic E-state index is 12.8. The summed E-state index contributed by atoms with van der Waals surface area (Å²) in [6, 6.07) is 6.51. The van der Waals surface area contributed by atoms with Crippen molar-refractivity contribution >= 4 is 15.9 Å². The lowest BCUT2D eigenvalue weighted by Gasteiger charge is -2.32.